The smallest absolute Gasteiger partial charge is 0.271 e. The zero-order valence-corrected chi connectivity index (χ0v) is 19.6. The Bertz CT molecular complexity index is 1610. The zero-order valence-electron chi connectivity index (χ0n) is 18.8. The van der Waals surface area contributed by atoms with Gasteiger partial charge in [0.05, 0.1) is 10.9 Å². The molecule has 0 N–H and O–H groups in total. The third-order valence-electron chi connectivity index (χ3n) is 5.47. The molecule has 1 amide bonds. The van der Waals surface area contributed by atoms with E-state index in [1.165, 1.54) is 16.5 Å². The SMILES string of the molecule is CCCCn1c(=NC(=O)C=Cc2ccc(Cl)cc2)c(C#N)cc2c(=O)n3cccc(C)c3nc21. The highest BCUT2D eigenvalue weighted by atomic mass is 35.5. The number of nitriles is 1. The monoisotopic (exact) mass is 471 g/mol. The second-order valence-corrected chi connectivity index (χ2v) is 8.31. The van der Waals surface area contributed by atoms with Crippen molar-refractivity contribution in [2.75, 3.05) is 0 Å². The molecule has 3 heterocycles. The van der Waals surface area contributed by atoms with Gasteiger partial charge in [0.15, 0.2) is 5.49 Å². The average Bonchev–Trinajstić information content (AvgIpc) is 2.83. The summed E-state index contributed by atoms with van der Waals surface area (Å²) in [6, 6.07) is 14.3. The van der Waals surface area contributed by atoms with Crippen LogP contribution >= 0.6 is 11.6 Å². The van der Waals surface area contributed by atoms with Crippen molar-refractivity contribution in [2.24, 2.45) is 4.99 Å². The Morgan fingerprint density at radius 2 is 2.00 bits per heavy atom. The third-order valence-corrected chi connectivity index (χ3v) is 5.72. The Morgan fingerprint density at radius 1 is 1.24 bits per heavy atom. The molecule has 4 rings (SSSR count). The van der Waals surface area contributed by atoms with E-state index in [4.69, 9.17) is 16.6 Å². The number of unbranched alkanes of at least 4 members (excludes halogenated alkanes) is 1. The van der Waals surface area contributed by atoms with Gasteiger partial charge < -0.3 is 4.57 Å². The topological polar surface area (TPSA) is 92.5 Å². The lowest BCUT2D eigenvalue weighted by molar-refractivity contribution is -0.113. The molecule has 7 nitrogen and oxygen atoms in total. The number of aromatic nitrogens is 3. The summed E-state index contributed by atoms with van der Waals surface area (Å²) in [5.41, 5.74) is 2.62. The van der Waals surface area contributed by atoms with Gasteiger partial charge >= 0.3 is 0 Å². The molecule has 0 radical (unpaired) electrons. The number of benzene rings is 1. The van der Waals surface area contributed by atoms with Gasteiger partial charge in [-0.05, 0) is 54.8 Å². The van der Waals surface area contributed by atoms with Gasteiger partial charge in [-0.25, -0.2) is 4.98 Å². The lowest BCUT2D eigenvalue weighted by Crippen LogP contribution is -2.29. The van der Waals surface area contributed by atoms with Crippen molar-refractivity contribution < 1.29 is 4.79 Å². The highest BCUT2D eigenvalue weighted by Gasteiger charge is 2.15. The van der Waals surface area contributed by atoms with Crippen LogP contribution < -0.4 is 11.0 Å². The Labute approximate surface area is 200 Å². The van der Waals surface area contributed by atoms with Crippen molar-refractivity contribution in [1.82, 2.24) is 14.0 Å². The Morgan fingerprint density at radius 3 is 2.71 bits per heavy atom. The molecule has 0 bridgehead atoms. The van der Waals surface area contributed by atoms with Crippen molar-refractivity contribution in [3.8, 4) is 6.07 Å². The fraction of sp³-hybridized carbons (Fsp3) is 0.192. The normalized spacial score (nSPS) is 12.0. The number of fused-ring (bicyclic) bond motifs is 2. The largest absolute Gasteiger partial charge is 0.309 e. The number of aryl methyl sites for hydroxylation is 2. The van der Waals surface area contributed by atoms with Crippen LogP contribution in [-0.2, 0) is 11.3 Å². The summed E-state index contributed by atoms with van der Waals surface area (Å²) in [5, 5.41) is 10.7. The second-order valence-electron chi connectivity index (χ2n) is 7.87. The molecule has 0 aliphatic rings. The van der Waals surface area contributed by atoms with Gasteiger partial charge in [-0.3, -0.25) is 14.0 Å². The fourth-order valence-corrected chi connectivity index (χ4v) is 3.83. The molecule has 0 fully saturated rings. The van der Waals surface area contributed by atoms with E-state index in [0.717, 1.165) is 24.0 Å². The highest BCUT2D eigenvalue weighted by Crippen LogP contribution is 2.14. The van der Waals surface area contributed by atoms with E-state index in [2.05, 4.69) is 11.1 Å². The van der Waals surface area contributed by atoms with Crippen LogP contribution in [-0.4, -0.2) is 19.9 Å². The van der Waals surface area contributed by atoms with Crippen molar-refractivity contribution >= 4 is 40.3 Å². The number of nitrogens with zero attached hydrogens (tertiary/aromatic N) is 5. The van der Waals surface area contributed by atoms with Crippen molar-refractivity contribution in [2.45, 2.75) is 33.2 Å². The number of hydrogen-bond acceptors (Lipinski definition) is 4. The lowest BCUT2D eigenvalue weighted by atomic mass is 10.2. The molecule has 0 aliphatic carbocycles. The van der Waals surface area contributed by atoms with E-state index < -0.39 is 5.91 Å². The van der Waals surface area contributed by atoms with Crippen LogP contribution in [0.15, 0.2) is 64.5 Å². The average molecular weight is 472 g/mol. The van der Waals surface area contributed by atoms with Crippen LogP contribution in [0, 0.1) is 18.3 Å². The second kappa shape index (κ2) is 9.86. The van der Waals surface area contributed by atoms with E-state index in [-0.39, 0.29) is 16.6 Å². The standard InChI is InChI=1S/C26H22ClN5O2/c1-3-4-13-31-24(29-22(33)12-9-18-7-10-20(27)11-8-18)19(16-28)15-21-25(31)30-23-17(2)6-5-14-32(23)26(21)34/h5-12,14-15H,3-4,13H2,1-2H3. The molecular weight excluding hydrogens is 450 g/mol. The number of carbonyl (C=O) groups excluding carboxylic acids is 1. The first-order valence-electron chi connectivity index (χ1n) is 10.9. The molecule has 0 unspecified atom stereocenters. The van der Waals surface area contributed by atoms with Crippen LogP contribution in [0.2, 0.25) is 5.02 Å². The molecule has 34 heavy (non-hydrogen) atoms. The Hall–Kier alpha value is -4.02. The Kier molecular flexibility index (Phi) is 6.71. The van der Waals surface area contributed by atoms with Crippen LogP contribution in [0.1, 0.15) is 36.5 Å². The molecule has 4 aromatic rings. The maximum atomic E-state index is 13.2. The zero-order chi connectivity index (χ0) is 24.2. The summed E-state index contributed by atoms with van der Waals surface area (Å²) in [6.07, 6.45) is 6.27. The van der Waals surface area contributed by atoms with Crippen molar-refractivity contribution in [3.05, 3.63) is 92.3 Å². The Balaban J connectivity index is 1.96. The van der Waals surface area contributed by atoms with E-state index in [0.29, 0.717) is 28.2 Å². The van der Waals surface area contributed by atoms with E-state index in [1.807, 2.05) is 19.9 Å². The number of pyridine rings is 2. The molecule has 0 aliphatic heterocycles. The molecular formula is C26H22ClN5O2. The molecule has 3 aromatic heterocycles. The molecule has 1 aromatic carbocycles. The van der Waals surface area contributed by atoms with Gasteiger partial charge in [0.25, 0.3) is 11.5 Å². The summed E-state index contributed by atoms with van der Waals surface area (Å²) < 4.78 is 3.18. The fourth-order valence-electron chi connectivity index (χ4n) is 3.70. The maximum absolute atomic E-state index is 13.2. The van der Waals surface area contributed by atoms with E-state index in [1.54, 1.807) is 47.2 Å². The molecule has 8 heteroatoms. The van der Waals surface area contributed by atoms with Gasteiger partial charge in [-0.15, -0.1) is 0 Å². The lowest BCUT2D eigenvalue weighted by Gasteiger charge is -2.13. The first kappa shape index (κ1) is 23.1. The number of carbonyl (C=O) groups is 1. The van der Waals surface area contributed by atoms with Gasteiger partial charge in [-0.2, -0.15) is 10.3 Å². The van der Waals surface area contributed by atoms with Crippen LogP contribution in [0.4, 0.5) is 0 Å². The van der Waals surface area contributed by atoms with Gasteiger partial charge in [0.2, 0.25) is 0 Å². The molecule has 0 saturated carbocycles. The summed E-state index contributed by atoms with van der Waals surface area (Å²) in [5.74, 6) is -0.523. The number of amides is 1. The highest BCUT2D eigenvalue weighted by molar-refractivity contribution is 6.30. The molecule has 170 valence electrons. The summed E-state index contributed by atoms with van der Waals surface area (Å²) >= 11 is 5.91. The van der Waals surface area contributed by atoms with Crippen LogP contribution in [0.3, 0.4) is 0 Å². The third kappa shape index (κ3) is 4.54. The summed E-state index contributed by atoms with van der Waals surface area (Å²) in [4.78, 5) is 34.9. The first-order valence-corrected chi connectivity index (χ1v) is 11.3. The van der Waals surface area contributed by atoms with Gasteiger partial charge in [0, 0.05) is 23.8 Å². The summed E-state index contributed by atoms with van der Waals surface area (Å²) in [7, 11) is 0. The molecule has 0 saturated heterocycles. The molecule has 0 atom stereocenters. The quantitative estimate of drug-likeness (QED) is 0.318. The predicted octanol–water partition coefficient (Wildman–Crippen LogP) is 4.42. The first-order chi connectivity index (χ1) is 16.4. The van der Waals surface area contributed by atoms with Crippen LogP contribution in [0.25, 0.3) is 22.8 Å². The number of hydrogen-bond donors (Lipinski definition) is 0. The van der Waals surface area contributed by atoms with E-state index in [9.17, 15) is 14.9 Å². The minimum atomic E-state index is -0.523. The van der Waals surface area contributed by atoms with E-state index >= 15 is 0 Å². The maximum Gasteiger partial charge on any atom is 0.271 e. The summed E-state index contributed by atoms with van der Waals surface area (Å²) in [6.45, 7) is 4.38. The van der Waals surface area contributed by atoms with Crippen molar-refractivity contribution in [3.63, 3.8) is 0 Å². The van der Waals surface area contributed by atoms with Crippen molar-refractivity contribution in [1.29, 1.82) is 5.26 Å². The number of halogens is 1. The van der Waals surface area contributed by atoms with Gasteiger partial charge in [0.1, 0.15) is 17.4 Å². The molecule has 0 spiro atoms. The number of rotatable bonds is 5. The minimum Gasteiger partial charge on any atom is -0.309 e. The minimum absolute atomic E-state index is 0.142. The van der Waals surface area contributed by atoms with Gasteiger partial charge in [-0.1, -0.05) is 43.1 Å². The predicted molar refractivity (Wildman–Crippen MR) is 132 cm³/mol. The van der Waals surface area contributed by atoms with Crippen LogP contribution in [0.5, 0.6) is 0 Å².